The molecule has 4 rings (SSSR count). The molecule has 1 fully saturated rings. The number of carbonyl (C=O) groups excluding carboxylic acids is 1. The number of rotatable bonds is 5. The minimum Gasteiger partial charge on any atom is -0.492 e. The van der Waals surface area contributed by atoms with Gasteiger partial charge in [-0.15, -0.1) is 0 Å². The first-order chi connectivity index (χ1) is 13.2. The van der Waals surface area contributed by atoms with E-state index in [1.54, 1.807) is 12.1 Å². The number of hydrogen-bond donors (Lipinski definition) is 0. The predicted molar refractivity (Wildman–Crippen MR) is 102 cm³/mol. The van der Waals surface area contributed by atoms with Crippen molar-refractivity contribution in [3.8, 4) is 17.2 Å². The highest BCUT2D eigenvalue weighted by atomic mass is 35.5. The van der Waals surface area contributed by atoms with Crippen LogP contribution < -0.4 is 14.2 Å². The van der Waals surface area contributed by atoms with Gasteiger partial charge in [-0.1, -0.05) is 29.8 Å². The molecular formula is C20H21ClN2O4. The van der Waals surface area contributed by atoms with Crippen LogP contribution in [0.15, 0.2) is 42.5 Å². The number of ether oxygens (including phenoxy) is 3. The van der Waals surface area contributed by atoms with Crippen LogP contribution in [0.5, 0.6) is 17.2 Å². The molecule has 2 aliphatic heterocycles. The summed E-state index contributed by atoms with van der Waals surface area (Å²) in [5.74, 6) is 1.89. The standard InChI is InChI=1S/C20H21ClN2O4/c21-17-12-15(13-18-19(17)27-14-26-18)20(24)23-8-6-22(7-9-23)10-11-25-16-4-2-1-3-5-16/h1-5,12-13H,6-11,14H2. The van der Waals surface area contributed by atoms with Crippen molar-refractivity contribution < 1.29 is 19.0 Å². The Bertz CT molecular complexity index is 807. The first-order valence-electron chi connectivity index (χ1n) is 8.99. The van der Waals surface area contributed by atoms with E-state index in [-0.39, 0.29) is 12.7 Å². The molecule has 2 aromatic rings. The minimum absolute atomic E-state index is 0.0321. The Morgan fingerprint density at radius 3 is 2.63 bits per heavy atom. The molecule has 0 aromatic heterocycles. The second-order valence-electron chi connectivity index (χ2n) is 6.49. The van der Waals surface area contributed by atoms with Gasteiger partial charge >= 0.3 is 0 Å². The molecule has 0 N–H and O–H groups in total. The summed E-state index contributed by atoms with van der Waals surface area (Å²) in [6.45, 7) is 4.61. The fourth-order valence-electron chi connectivity index (χ4n) is 3.26. The highest BCUT2D eigenvalue weighted by Crippen LogP contribution is 2.40. The van der Waals surface area contributed by atoms with Gasteiger partial charge in [0.05, 0.1) is 5.02 Å². The number of amides is 1. The monoisotopic (exact) mass is 388 g/mol. The summed E-state index contributed by atoms with van der Waals surface area (Å²) in [4.78, 5) is 16.9. The zero-order valence-electron chi connectivity index (χ0n) is 14.9. The number of hydrogen-bond acceptors (Lipinski definition) is 5. The van der Waals surface area contributed by atoms with Gasteiger partial charge < -0.3 is 19.1 Å². The fourth-order valence-corrected chi connectivity index (χ4v) is 3.52. The van der Waals surface area contributed by atoms with E-state index in [2.05, 4.69) is 4.90 Å². The van der Waals surface area contributed by atoms with Gasteiger partial charge in [-0.05, 0) is 24.3 Å². The summed E-state index contributed by atoms with van der Waals surface area (Å²) in [5, 5.41) is 0.407. The summed E-state index contributed by atoms with van der Waals surface area (Å²) in [5.41, 5.74) is 0.533. The molecule has 0 radical (unpaired) electrons. The Morgan fingerprint density at radius 2 is 1.85 bits per heavy atom. The van der Waals surface area contributed by atoms with Crippen LogP contribution in [-0.2, 0) is 0 Å². The molecule has 1 saturated heterocycles. The van der Waals surface area contributed by atoms with Crippen molar-refractivity contribution >= 4 is 17.5 Å². The summed E-state index contributed by atoms with van der Waals surface area (Å²) >= 11 is 6.19. The van der Waals surface area contributed by atoms with Crippen molar-refractivity contribution in [1.82, 2.24) is 9.80 Å². The first-order valence-corrected chi connectivity index (χ1v) is 9.37. The number of carbonyl (C=O) groups is 1. The molecule has 2 aromatic carbocycles. The van der Waals surface area contributed by atoms with Crippen LogP contribution >= 0.6 is 11.6 Å². The number of halogens is 1. The molecule has 2 aliphatic rings. The number of para-hydroxylation sites is 1. The van der Waals surface area contributed by atoms with Crippen LogP contribution in [0.25, 0.3) is 0 Å². The molecular weight excluding hydrogens is 368 g/mol. The van der Waals surface area contributed by atoms with E-state index in [0.29, 0.717) is 41.8 Å². The second-order valence-corrected chi connectivity index (χ2v) is 6.89. The number of benzene rings is 2. The Labute approximate surface area is 163 Å². The minimum atomic E-state index is -0.0321. The molecule has 1 amide bonds. The number of piperazine rings is 1. The third-order valence-electron chi connectivity index (χ3n) is 4.75. The molecule has 0 aliphatic carbocycles. The first kappa shape index (κ1) is 17.9. The normalized spacial score (nSPS) is 16.4. The lowest BCUT2D eigenvalue weighted by molar-refractivity contribution is 0.0620. The van der Waals surface area contributed by atoms with Crippen molar-refractivity contribution in [2.24, 2.45) is 0 Å². The molecule has 0 saturated carbocycles. The Hall–Kier alpha value is -2.44. The van der Waals surface area contributed by atoms with Crippen LogP contribution in [-0.4, -0.2) is 61.8 Å². The van der Waals surface area contributed by atoms with Crippen LogP contribution in [0.1, 0.15) is 10.4 Å². The van der Waals surface area contributed by atoms with E-state index in [1.807, 2.05) is 35.2 Å². The second kappa shape index (κ2) is 8.06. The zero-order chi connectivity index (χ0) is 18.6. The molecule has 27 heavy (non-hydrogen) atoms. The van der Waals surface area contributed by atoms with Gasteiger partial charge in [-0.25, -0.2) is 0 Å². The van der Waals surface area contributed by atoms with Crippen LogP contribution in [0.3, 0.4) is 0 Å². The lowest BCUT2D eigenvalue weighted by Gasteiger charge is -2.34. The maximum absolute atomic E-state index is 12.8. The molecule has 142 valence electrons. The zero-order valence-corrected chi connectivity index (χ0v) is 15.7. The van der Waals surface area contributed by atoms with E-state index in [9.17, 15) is 4.79 Å². The molecule has 0 spiro atoms. The van der Waals surface area contributed by atoms with Crippen LogP contribution in [0.4, 0.5) is 0 Å². The van der Waals surface area contributed by atoms with Crippen molar-refractivity contribution in [3.05, 3.63) is 53.1 Å². The third kappa shape index (κ3) is 4.12. The van der Waals surface area contributed by atoms with Gasteiger partial charge in [0.25, 0.3) is 5.91 Å². The van der Waals surface area contributed by atoms with Crippen LogP contribution in [0.2, 0.25) is 5.02 Å². The summed E-state index contributed by atoms with van der Waals surface area (Å²) in [7, 11) is 0. The molecule has 7 heteroatoms. The van der Waals surface area contributed by atoms with Gasteiger partial charge in [0.15, 0.2) is 11.5 Å². The van der Waals surface area contributed by atoms with Gasteiger partial charge in [-0.2, -0.15) is 0 Å². The quantitative estimate of drug-likeness (QED) is 0.788. The summed E-state index contributed by atoms with van der Waals surface area (Å²) < 4.78 is 16.4. The largest absolute Gasteiger partial charge is 0.492 e. The molecule has 0 atom stereocenters. The van der Waals surface area contributed by atoms with Gasteiger partial charge in [0.1, 0.15) is 12.4 Å². The average molecular weight is 389 g/mol. The topological polar surface area (TPSA) is 51.2 Å². The van der Waals surface area contributed by atoms with Gasteiger partial charge in [0, 0.05) is 38.3 Å². The summed E-state index contributed by atoms with van der Waals surface area (Å²) in [6.07, 6.45) is 0. The SMILES string of the molecule is O=C(c1cc(Cl)c2c(c1)OCO2)N1CCN(CCOc2ccccc2)CC1. The van der Waals surface area contributed by atoms with Crippen LogP contribution in [0, 0.1) is 0 Å². The molecule has 0 unspecified atom stereocenters. The number of fused-ring (bicyclic) bond motifs is 1. The highest BCUT2D eigenvalue weighted by molar-refractivity contribution is 6.32. The van der Waals surface area contributed by atoms with Gasteiger partial charge in [0.2, 0.25) is 6.79 Å². The van der Waals surface area contributed by atoms with Crippen molar-refractivity contribution in [2.45, 2.75) is 0 Å². The van der Waals surface area contributed by atoms with E-state index in [4.69, 9.17) is 25.8 Å². The predicted octanol–water partition coefficient (Wildman–Crippen LogP) is 2.91. The average Bonchev–Trinajstić information content (AvgIpc) is 3.18. The van der Waals surface area contributed by atoms with E-state index in [1.165, 1.54) is 0 Å². The third-order valence-corrected chi connectivity index (χ3v) is 5.03. The lowest BCUT2D eigenvalue weighted by atomic mass is 10.1. The van der Waals surface area contributed by atoms with E-state index >= 15 is 0 Å². The Morgan fingerprint density at radius 1 is 1.07 bits per heavy atom. The maximum Gasteiger partial charge on any atom is 0.254 e. The Kier molecular flexibility index (Phi) is 5.36. The Balaban J connectivity index is 1.28. The molecule has 0 bridgehead atoms. The van der Waals surface area contributed by atoms with E-state index < -0.39 is 0 Å². The smallest absolute Gasteiger partial charge is 0.254 e. The fraction of sp³-hybridized carbons (Fsp3) is 0.350. The lowest BCUT2D eigenvalue weighted by Crippen LogP contribution is -2.49. The number of nitrogens with zero attached hydrogens (tertiary/aromatic N) is 2. The van der Waals surface area contributed by atoms with Crippen molar-refractivity contribution in [1.29, 1.82) is 0 Å². The molecule has 2 heterocycles. The highest BCUT2D eigenvalue weighted by Gasteiger charge is 2.25. The van der Waals surface area contributed by atoms with Crippen molar-refractivity contribution in [3.63, 3.8) is 0 Å². The van der Waals surface area contributed by atoms with Gasteiger partial charge in [-0.3, -0.25) is 9.69 Å². The van der Waals surface area contributed by atoms with E-state index in [0.717, 1.165) is 25.4 Å². The summed E-state index contributed by atoms with van der Waals surface area (Å²) in [6, 6.07) is 13.1. The molecule has 6 nitrogen and oxygen atoms in total. The van der Waals surface area contributed by atoms with Crippen molar-refractivity contribution in [2.75, 3.05) is 46.1 Å². The maximum atomic E-state index is 12.8.